The Bertz CT molecular complexity index is 1470. The molecule has 0 spiro atoms. The monoisotopic (exact) mass is 427 g/mol. The molecule has 32 heavy (non-hydrogen) atoms. The molecule has 0 atom stereocenters. The fourth-order valence-electron chi connectivity index (χ4n) is 4.20. The Balaban J connectivity index is 1.50. The number of nitrogens with zero attached hydrogens (tertiary/aromatic N) is 3. The van der Waals surface area contributed by atoms with Gasteiger partial charge in [-0.15, -0.1) is 0 Å². The first-order valence-electron chi connectivity index (χ1n) is 10.5. The fourth-order valence-corrected chi connectivity index (χ4v) is 4.20. The summed E-state index contributed by atoms with van der Waals surface area (Å²) in [6, 6.07) is 12.9. The van der Waals surface area contributed by atoms with Gasteiger partial charge in [0.25, 0.3) is 0 Å². The van der Waals surface area contributed by atoms with Crippen LogP contribution in [0.2, 0.25) is 0 Å². The molecule has 0 bridgehead atoms. The summed E-state index contributed by atoms with van der Waals surface area (Å²) < 4.78 is 23.6. The van der Waals surface area contributed by atoms with Crippen LogP contribution in [0.4, 0.5) is 0 Å². The molecule has 0 saturated heterocycles. The third kappa shape index (κ3) is 2.65. The average Bonchev–Trinajstić information content (AvgIpc) is 3.37. The van der Waals surface area contributed by atoms with Gasteiger partial charge in [-0.05, 0) is 54.8 Å². The van der Waals surface area contributed by atoms with Crippen molar-refractivity contribution in [3.63, 3.8) is 0 Å². The minimum absolute atomic E-state index is 0.166. The fraction of sp³-hybridized carbons (Fsp3) is 0.208. The predicted molar refractivity (Wildman–Crippen MR) is 114 cm³/mol. The third-order valence-electron chi connectivity index (χ3n) is 6.01. The molecule has 1 fully saturated rings. The maximum Gasteiger partial charge on any atom is 0.231 e. The van der Waals surface area contributed by atoms with Crippen molar-refractivity contribution in [2.75, 3.05) is 13.6 Å². The molecule has 8 nitrogen and oxygen atoms in total. The van der Waals surface area contributed by atoms with Crippen molar-refractivity contribution < 1.29 is 18.9 Å². The molecule has 2 aliphatic heterocycles. The lowest BCUT2D eigenvalue weighted by Crippen LogP contribution is -2.16. The summed E-state index contributed by atoms with van der Waals surface area (Å²) in [6.45, 7) is 0.334. The maximum atomic E-state index is 13.8. The molecule has 2 aromatic carbocycles. The topological polar surface area (TPSA) is 84.2 Å². The highest BCUT2D eigenvalue weighted by atomic mass is 16.7. The smallest absolute Gasteiger partial charge is 0.231 e. The van der Waals surface area contributed by atoms with E-state index in [1.54, 1.807) is 16.6 Å². The lowest BCUT2D eigenvalue weighted by atomic mass is 10.0. The summed E-state index contributed by atoms with van der Waals surface area (Å²) in [7, 11) is 0. The van der Waals surface area contributed by atoms with Gasteiger partial charge in [0.2, 0.25) is 19.0 Å². The molecule has 3 aliphatic rings. The molecule has 0 N–H and O–H groups in total. The molecular formula is C24H17N3O5. The summed E-state index contributed by atoms with van der Waals surface area (Å²) in [4.78, 5) is 18.7. The van der Waals surface area contributed by atoms with E-state index in [1.807, 2.05) is 36.5 Å². The molecule has 4 aromatic rings. The van der Waals surface area contributed by atoms with Crippen molar-refractivity contribution in [1.29, 1.82) is 0 Å². The van der Waals surface area contributed by atoms with Crippen molar-refractivity contribution in [1.82, 2.24) is 14.6 Å². The number of rotatable bonds is 3. The van der Waals surface area contributed by atoms with E-state index in [4.69, 9.17) is 23.9 Å². The first kappa shape index (κ1) is 17.6. The van der Waals surface area contributed by atoms with E-state index in [2.05, 4.69) is 5.10 Å². The van der Waals surface area contributed by atoms with Crippen LogP contribution in [0.1, 0.15) is 24.5 Å². The first-order valence-corrected chi connectivity index (χ1v) is 10.5. The van der Waals surface area contributed by atoms with Gasteiger partial charge in [-0.25, -0.2) is 9.50 Å². The number of ether oxygens (including phenoxy) is 4. The largest absolute Gasteiger partial charge is 0.454 e. The van der Waals surface area contributed by atoms with E-state index in [0.717, 1.165) is 18.5 Å². The Morgan fingerprint density at radius 3 is 2.19 bits per heavy atom. The van der Waals surface area contributed by atoms with Crippen LogP contribution in [0.15, 0.2) is 53.5 Å². The first-order chi connectivity index (χ1) is 15.7. The van der Waals surface area contributed by atoms with Gasteiger partial charge in [-0.2, -0.15) is 5.10 Å². The highest BCUT2D eigenvalue weighted by Gasteiger charge is 2.27. The average molecular weight is 427 g/mol. The van der Waals surface area contributed by atoms with E-state index in [0.29, 0.717) is 56.9 Å². The van der Waals surface area contributed by atoms with Gasteiger partial charge in [0, 0.05) is 23.4 Å². The van der Waals surface area contributed by atoms with Crippen LogP contribution in [-0.2, 0) is 0 Å². The Morgan fingerprint density at radius 2 is 1.47 bits per heavy atom. The molecule has 8 heteroatoms. The second-order valence-corrected chi connectivity index (χ2v) is 8.08. The number of hydrogen-bond donors (Lipinski definition) is 0. The van der Waals surface area contributed by atoms with Gasteiger partial charge < -0.3 is 18.9 Å². The molecule has 0 radical (unpaired) electrons. The van der Waals surface area contributed by atoms with E-state index >= 15 is 0 Å². The van der Waals surface area contributed by atoms with Gasteiger partial charge in [-0.1, -0.05) is 6.07 Å². The van der Waals surface area contributed by atoms with Crippen molar-refractivity contribution in [2.24, 2.45) is 0 Å². The van der Waals surface area contributed by atoms with E-state index in [1.165, 1.54) is 0 Å². The molecule has 1 aliphatic carbocycles. The molecule has 158 valence electrons. The van der Waals surface area contributed by atoms with Crippen molar-refractivity contribution in [2.45, 2.75) is 18.8 Å². The summed E-state index contributed by atoms with van der Waals surface area (Å²) in [6.07, 6.45) is 4.12. The maximum absolute atomic E-state index is 13.8. The second kappa shape index (κ2) is 6.46. The molecule has 2 aromatic heterocycles. The van der Waals surface area contributed by atoms with Crippen LogP contribution in [0.5, 0.6) is 23.0 Å². The van der Waals surface area contributed by atoms with Gasteiger partial charge in [-0.3, -0.25) is 4.79 Å². The van der Waals surface area contributed by atoms with Crippen LogP contribution >= 0.6 is 0 Å². The van der Waals surface area contributed by atoms with Gasteiger partial charge in [0.15, 0.2) is 28.6 Å². The number of fused-ring (bicyclic) bond motifs is 3. The minimum atomic E-state index is -0.205. The zero-order valence-electron chi connectivity index (χ0n) is 16.9. The minimum Gasteiger partial charge on any atom is -0.454 e. The van der Waals surface area contributed by atoms with Crippen LogP contribution < -0.4 is 24.4 Å². The summed E-state index contributed by atoms with van der Waals surface area (Å²) in [5, 5.41) is 4.64. The van der Waals surface area contributed by atoms with E-state index in [-0.39, 0.29) is 19.0 Å². The molecule has 7 rings (SSSR count). The summed E-state index contributed by atoms with van der Waals surface area (Å²) >= 11 is 0. The zero-order chi connectivity index (χ0) is 21.2. The van der Waals surface area contributed by atoms with Crippen LogP contribution in [0.25, 0.3) is 28.0 Å². The lowest BCUT2D eigenvalue weighted by Gasteiger charge is -2.12. The lowest BCUT2D eigenvalue weighted by molar-refractivity contribution is 0.173. The summed E-state index contributed by atoms with van der Waals surface area (Å²) in [5.41, 5.74) is 3.47. The predicted octanol–water partition coefficient (Wildman–Crippen LogP) is 3.76. The Hall–Kier alpha value is -4.07. The third-order valence-corrected chi connectivity index (χ3v) is 6.01. The molecule has 4 heterocycles. The quantitative estimate of drug-likeness (QED) is 0.492. The van der Waals surface area contributed by atoms with Gasteiger partial charge >= 0.3 is 0 Å². The van der Waals surface area contributed by atoms with Gasteiger partial charge in [0.05, 0.1) is 5.56 Å². The van der Waals surface area contributed by atoms with Gasteiger partial charge in [0.1, 0.15) is 5.69 Å². The van der Waals surface area contributed by atoms with Crippen LogP contribution in [-0.4, -0.2) is 28.2 Å². The number of benzene rings is 2. The van der Waals surface area contributed by atoms with Crippen molar-refractivity contribution >= 4 is 5.65 Å². The SMILES string of the molecule is O=c1c(-c2ccc3c(c2)OCO3)nn2ccc(C3CC3)nc2c1-c1ccc2c(c1)OCO2. The zero-order valence-corrected chi connectivity index (χ0v) is 16.9. The van der Waals surface area contributed by atoms with Crippen LogP contribution in [0.3, 0.4) is 0 Å². The van der Waals surface area contributed by atoms with Crippen LogP contribution in [0, 0.1) is 0 Å². The Labute approximate surface area is 182 Å². The standard InChI is InChI=1S/C24H17N3O5/c28-23-21(14-3-5-17-19(9-14)31-11-29-17)24-25-16(13-1-2-13)7-8-27(24)26-22(23)15-4-6-18-20(10-15)32-12-30-18/h3-10,13H,1-2,11-12H2. The summed E-state index contributed by atoms with van der Waals surface area (Å²) in [5.74, 6) is 2.98. The highest BCUT2D eigenvalue weighted by Crippen LogP contribution is 2.40. The molecule has 0 unspecified atom stereocenters. The molecule has 1 saturated carbocycles. The number of hydrogen-bond acceptors (Lipinski definition) is 7. The Kier molecular flexibility index (Phi) is 3.55. The van der Waals surface area contributed by atoms with Crippen molar-refractivity contribution in [3.8, 4) is 45.4 Å². The van der Waals surface area contributed by atoms with E-state index < -0.39 is 0 Å². The van der Waals surface area contributed by atoms with Crippen molar-refractivity contribution in [3.05, 3.63) is 64.6 Å². The Morgan fingerprint density at radius 1 is 0.812 bits per heavy atom. The molecule has 0 amide bonds. The molecular weight excluding hydrogens is 410 g/mol. The normalized spacial score (nSPS) is 16.0. The number of aromatic nitrogens is 3. The second-order valence-electron chi connectivity index (χ2n) is 8.08. The highest BCUT2D eigenvalue weighted by molar-refractivity contribution is 5.82. The van der Waals surface area contributed by atoms with E-state index in [9.17, 15) is 4.79 Å².